The lowest BCUT2D eigenvalue weighted by molar-refractivity contribution is 0.0935. The van der Waals surface area contributed by atoms with E-state index >= 15 is 0 Å². The maximum atomic E-state index is 11.8. The normalized spacial score (nSPS) is 10.5. The predicted molar refractivity (Wildman–Crippen MR) is 64.7 cm³/mol. The number of rotatable bonds is 4. The number of carbonyl (C=O) groups is 1. The van der Waals surface area contributed by atoms with Gasteiger partial charge in [0.1, 0.15) is 5.75 Å². The highest BCUT2D eigenvalue weighted by atomic mass is 16.3. The quantitative estimate of drug-likeness (QED) is 0.821. The summed E-state index contributed by atoms with van der Waals surface area (Å²) in [5.41, 5.74) is 1.32. The van der Waals surface area contributed by atoms with Gasteiger partial charge in [-0.2, -0.15) is 0 Å². The molecular formula is C13H19NO2. The lowest BCUT2D eigenvalue weighted by atomic mass is 10.1. The van der Waals surface area contributed by atoms with Gasteiger partial charge in [-0.25, -0.2) is 0 Å². The zero-order valence-electron chi connectivity index (χ0n) is 10.1. The number of phenols is 1. The molecule has 0 spiro atoms. The molecule has 0 aliphatic rings. The molecule has 1 aromatic carbocycles. The van der Waals surface area contributed by atoms with Gasteiger partial charge in [-0.15, -0.1) is 0 Å². The van der Waals surface area contributed by atoms with E-state index in [1.165, 1.54) is 0 Å². The first-order chi connectivity index (χ1) is 7.58. The van der Waals surface area contributed by atoms with Gasteiger partial charge in [0.05, 0.1) is 0 Å². The Morgan fingerprint density at radius 1 is 1.38 bits per heavy atom. The first-order valence-electron chi connectivity index (χ1n) is 5.69. The fourth-order valence-corrected chi connectivity index (χ4v) is 1.56. The second kappa shape index (κ2) is 5.54. The van der Waals surface area contributed by atoms with Gasteiger partial charge < -0.3 is 10.4 Å². The lowest BCUT2D eigenvalue weighted by Crippen LogP contribution is -2.33. The second-order valence-electron chi connectivity index (χ2n) is 3.99. The van der Waals surface area contributed by atoms with Crippen LogP contribution in [0.5, 0.6) is 5.75 Å². The van der Waals surface area contributed by atoms with Crippen molar-refractivity contribution in [3.05, 3.63) is 29.3 Å². The molecule has 16 heavy (non-hydrogen) atoms. The summed E-state index contributed by atoms with van der Waals surface area (Å²) < 4.78 is 0. The molecule has 1 amide bonds. The Balaban J connectivity index is 2.76. The van der Waals surface area contributed by atoms with Crippen molar-refractivity contribution in [3.8, 4) is 5.75 Å². The third-order valence-electron chi connectivity index (χ3n) is 2.78. The van der Waals surface area contributed by atoms with E-state index < -0.39 is 0 Å². The molecule has 0 saturated heterocycles. The van der Waals surface area contributed by atoms with Crippen LogP contribution in [-0.4, -0.2) is 17.1 Å². The average molecular weight is 221 g/mol. The van der Waals surface area contributed by atoms with Crippen molar-refractivity contribution < 1.29 is 9.90 Å². The molecule has 0 heterocycles. The number of benzene rings is 1. The van der Waals surface area contributed by atoms with E-state index in [9.17, 15) is 9.90 Å². The molecule has 3 heteroatoms. The van der Waals surface area contributed by atoms with E-state index in [2.05, 4.69) is 19.2 Å². The summed E-state index contributed by atoms with van der Waals surface area (Å²) in [5.74, 6) is 0.149. The Kier molecular flexibility index (Phi) is 4.35. The van der Waals surface area contributed by atoms with Crippen LogP contribution in [0, 0.1) is 6.92 Å². The molecule has 0 aliphatic carbocycles. The minimum atomic E-state index is -0.0724. The maximum Gasteiger partial charge on any atom is 0.251 e. The lowest BCUT2D eigenvalue weighted by Gasteiger charge is -2.14. The first kappa shape index (κ1) is 12.6. The number of carbonyl (C=O) groups excluding carboxylic acids is 1. The minimum absolute atomic E-state index is 0.0724. The molecule has 1 rings (SSSR count). The summed E-state index contributed by atoms with van der Waals surface area (Å²) in [6, 6.07) is 5.12. The fourth-order valence-electron chi connectivity index (χ4n) is 1.56. The van der Waals surface area contributed by atoms with Gasteiger partial charge in [0.25, 0.3) is 5.91 Å². The third-order valence-corrected chi connectivity index (χ3v) is 2.78. The second-order valence-corrected chi connectivity index (χ2v) is 3.99. The number of aryl methyl sites for hydroxylation is 1. The molecule has 0 aromatic heterocycles. The third kappa shape index (κ3) is 2.99. The summed E-state index contributed by atoms with van der Waals surface area (Å²) in [6.07, 6.45) is 1.86. The van der Waals surface area contributed by atoms with Crippen molar-refractivity contribution in [2.24, 2.45) is 0 Å². The molecule has 0 radical (unpaired) electrons. The zero-order chi connectivity index (χ0) is 12.1. The van der Waals surface area contributed by atoms with Crippen LogP contribution in [0.2, 0.25) is 0 Å². The standard InChI is InChI=1S/C13H19NO2/c1-4-11(5-2)14-13(16)10-6-7-12(15)9(3)8-10/h6-8,11,15H,4-5H2,1-3H3,(H,14,16). The van der Waals surface area contributed by atoms with Gasteiger partial charge in [0, 0.05) is 11.6 Å². The molecule has 0 bridgehead atoms. The van der Waals surface area contributed by atoms with Crippen LogP contribution in [0.1, 0.15) is 42.6 Å². The van der Waals surface area contributed by atoms with Gasteiger partial charge in [-0.1, -0.05) is 13.8 Å². The molecular weight excluding hydrogens is 202 g/mol. The number of hydrogen-bond donors (Lipinski definition) is 2. The Labute approximate surface area is 96.5 Å². The summed E-state index contributed by atoms with van der Waals surface area (Å²) in [5, 5.41) is 12.3. The Hall–Kier alpha value is -1.51. The van der Waals surface area contributed by atoms with Gasteiger partial charge >= 0.3 is 0 Å². The highest BCUT2D eigenvalue weighted by Gasteiger charge is 2.11. The maximum absolute atomic E-state index is 11.8. The Morgan fingerprint density at radius 3 is 2.50 bits per heavy atom. The van der Waals surface area contributed by atoms with E-state index in [-0.39, 0.29) is 17.7 Å². The average Bonchev–Trinajstić information content (AvgIpc) is 2.29. The van der Waals surface area contributed by atoms with E-state index in [0.717, 1.165) is 18.4 Å². The summed E-state index contributed by atoms with van der Waals surface area (Å²) in [6.45, 7) is 5.89. The van der Waals surface area contributed by atoms with Crippen LogP contribution in [0.3, 0.4) is 0 Å². The van der Waals surface area contributed by atoms with Crippen LogP contribution in [0.15, 0.2) is 18.2 Å². The van der Waals surface area contributed by atoms with E-state index in [0.29, 0.717) is 5.56 Å². The van der Waals surface area contributed by atoms with Gasteiger partial charge in [0.2, 0.25) is 0 Å². The molecule has 2 N–H and O–H groups in total. The summed E-state index contributed by atoms with van der Waals surface area (Å²) >= 11 is 0. The molecule has 0 atom stereocenters. The van der Waals surface area contributed by atoms with Crippen LogP contribution in [0.25, 0.3) is 0 Å². The largest absolute Gasteiger partial charge is 0.508 e. The molecule has 0 unspecified atom stereocenters. The molecule has 0 saturated carbocycles. The van der Waals surface area contributed by atoms with Crippen molar-refractivity contribution >= 4 is 5.91 Å². The van der Waals surface area contributed by atoms with Gasteiger partial charge in [-0.05, 0) is 43.5 Å². The first-order valence-corrected chi connectivity index (χ1v) is 5.69. The smallest absolute Gasteiger partial charge is 0.251 e. The monoisotopic (exact) mass is 221 g/mol. The number of amides is 1. The zero-order valence-corrected chi connectivity index (χ0v) is 10.1. The number of phenolic OH excluding ortho intramolecular Hbond substituents is 1. The van der Waals surface area contributed by atoms with Crippen LogP contribution in [0.4, 0.5) is 0 Å². The van der Waals surface area contributed by atoms with Crippen molar-refractivity contribution in [1.29, 1.82) is 0 Å². The molecule has 0 fully saturated rings. The molecule has 3 nitrogen and oxygen atoms in total. The SMILES string of the molecule is CCC(CC)NC(=O)c1ccc(O)c(C)c1. The highest BCUT2D eigenvalue weighted by Crippen LogP contribution is 2.17. The summed E-state index contributed by atoms with van der Waals surface area (Å²) in [7, 11) is 0. The molecule has 0 aliphatic heterocycles. The molecule has 1 aromatic rings. The van der Waals surface area contributed by atoms with Gasteiger partial charge in [-0.3, -0.25) is 4.79 Å². The molecule has 88 valence electrons. The Bertz CT molecular complexity index is 370. The van der Waals surface area contributed by atoms with Gasteiger partial charge in [0.15, 0.2) is 0 Å². The van der Waals surface area contributed by atoms with E-state index in [1.54, 1.807) is 25.1 Å². The highest BCUT2D eigenvalue weighted by molar-refractivity contribution is 5.94. The van der Waals surface area contributed by atoms with Crippen LogP contribution < -0.4 is 5.32 Å². The fraction of sp³-hybridized carbons (Fsp3) is 0.462. The van der Waals surface area contributed by atoms with Crippen molar-refractivity contribution in [2.75, 3.05) is 0 Å². The van der Waals surface area contributed by atoms with E-state index in [4.69, 9.17) is 0 Å². The number of aromatic hydroxyl groups is 1. The predicted octanol–water partition coefficient (Wildman–Crippen LogP) is 2.62. The van der Waals surface area contributed by atoms with Crippen molar-refractivity contribution in [3.63, 3.8) is 0 Å². The van der Waals surface area contributed by atoms with Crippen LogP contribution >= 0.6 is 0 Å². The topological polar surface area (TPSA) is 49.3 Å². The van der Waals surface area contributed by atoms with Crippen LogP contribution in [-0.2, 0) is 0 Å². The minimum Gasteiger partial charge on any atom is -0.508 e. The summed E-state index contributed by atoms with van der Waals surface area (Å²) in [4.78, 5) is 11.8. The number of nitrogens with one attached hydrogen (secondary N) is 1. The Morgan fingerprint density at radius 2 is 2.00 bits per heavy atom. The van der Waals surface area contributed by atoms with E-state index in [1.807, 2.05) is 0 Å². The van der Waals surface area contributed by atoms with Crippen molar-refractivity contribution in [2.45, 2.75) is 39.7 Å². The van der Waals surface area contributed by atoms with Crippen molar-refractivity contribution in [1.82, 2.24) is 5.32 Å². The number of hydrogen-bond acceptors (Lipinski definition) is 2.